The molecule has 2 heterocycles. The Morgan fingerprint density at radius 3 is 2.64 bits per heavy atom. The number of carbonyl (C=O) groups excluding carboxylic acids is 2. The number of benzene rings is 1. The van der Waals surface area contributed by atoms with Gasteiger partial charge in [-0.15, -0.1) is 0 Å². The van der Waals surface area contributed by atoms with Crippen LogP contribution in [0.15, 0.2) is 39.6 Å². The van der Waals surface area contributed by atoms with Crippen LogP contribution >= 0.6 is 0 Å². The van der Waals surface area contributed by atoms with E-state index in [2.05, 4.69) is 0 Å². The zero-order chi connectivity index (χ0) is 18.0. The van der Waals surface area contributed by atoms with Gasteiger partial charge in [0.15, 0.2) is 5.58 Å². The summed E-state index contributed by atoms with van der Waals surface area (Å²) in [6.07, 6.45) is 4.57. The van der Waals surface area contributed by atoms with E-state index in [1.807, 2.05) is 0 Å². The molecule has 1 aliphatic rings. The highest BCUT2D eigenvalue weighted by molar-refractivity contribution is 5.93. The van der Waals surface area contributed by atoms with Gasteiger partial charge in [-0.3, -0.25) is 9.36 Å². The second-order valence-corrected chi connectivity index (χ2v) is 5.97. The normalized spacial score (nSPS) is 15.8. The number of fused-ring (bicyclic) bond motifs is 1. The number of hydrogen-bond acceptors (Lipinski definition) is 5. The fraction of sp³-hybridized carbons (Fsp3) is 0.389. The van der Waals surface area contributed by atoms with Gasteiger partial charge in [0.1, 0.15) is 0 Å². The van der Waals surface area contributed by atoms with Gasteiger partial charge in [0.05, 0.1) is 18.2 Å². The molecule has 0 bridgehead atoms. The predicted octanol–water partition coefficient (Wildman–Crippen LogP) is 2.12. The van der Waals surface area contributed by atoms with Crippen LogP contribution in [0.25, 0.3) is 11.1 Å². The number of esters is 1. The van der Waals surface area contributed by atoms with Crippen molar-refractivity contribution in [2.24, 2.45) is 0 Å². The highest BCUT2D eigenvalue weighted by atomic mass is 16.5. The maximum atomic E-state index is 12.3. The van der Waals surface area contributed by atoms with Gasteiger partial charge in [-0.2, -0.15) is 0 Å². The Hall–Kier alpha value is -2.83. The summed E-state index contributed by atoms with van der Waals surface area (Å²) in [5.41, 5.74) is 1.38. The van der Waals surface area contributed by atoms with E-state index >= 15 is 0 Å². The lowest BCUT2D eigenvalue weighted by molar-refractivity contribution is -0.127. The standard InChI is InChI=1S/C18H20N2O5/c1-3-4-16(21)19-9-7-13(8-10-19)20-14-11-12(17(22)24-2)5-6-15(14)25-18(20)23/h3-6,11,13H,7-10H2,1-2H3/b4-3+. The molecule has 0 N–H and O–H groups in total. The average Bonchev–Trinajstić information content (AvgIpc) is 2.96. The number of allylic oxidation sites excluding steroid dienone is 1. The van der Waals surface area contributed by atoms with Gasteiger partial charge in [0.25, 0.3) is 0 Å². The number of hydrogen-bond donors (Lipinski definition) is 0. The number of ether oxygens (including phenoxy) is 1. The van der Waals surface area contributed by atoms with E-state index < -0.39 is 11.7 Å². The molecule has 132 valence electrons. The summed E-state index contributed by atoms with van der Waals surface area (Å²) in [6, 6.07) is 4.71. The number of amides is 1. The molecular formula is C18H20N2O5. The topological polar surface area (TPSA) is 81.8 Å². The minimum atomic E-state index is -0.464. The first kappa shape index (κ1) is 17.0. The summed E-state index contributed by atoms with van der Waals surface area (Å²) in [5.74, 6) is -0.928. The van der Waals surface area contributed by atoms with E-state index in [4.69, 9.17) is 9.15 Å². The number of likely N-dealkylation sites (tertiary alicyclic amines) is 1. The molecule has 1 amide bonds. The molecule has 1 aromatic carbocycles. The van der Waals surface area contributed by atoms with Crippen molar-refractivity contribution in [3.63, 3.8) is 0 Å². The van der Waals surface area contributed by atoms with Gasteiger partial charge in [-0.25, -0.2) is 9.59 Å². The van der Waals surface area contributed by atoms with Gasteiger partial charge in [0, 0.05) is 19.1 Å². The van der Waals surface area contributed by atoms with Crippen molar-refractivity contribution >= 4 is 23.0 Å². The smallest absolute Gasteiger partial charge is 0.420 e. The van der Waals surface area contributed by atoms with E-state index in [9.17, 15) is 14.4 Å². The van der Waals surface area contributed by atoms with Gasteiger partial charge in [-0.05, 0) is 44.0 Å². The summed E-state index contributed by atoms with van der Waals surface area (Å²) in [4.78, 5) is 37.7. The number of carbonyl (C=O) groups is 2. The van der Waals surface area contributed by atoms with E-state index in [1.165, 1.54) is 7.11 Å². The number of aromatic nitrogens is 1. The van der Waals surface area contributed by atoms with Gasteiger partial charge in [-0.1, -0.05) is 6.08 Å². The minimum absolute atomic E-state index is 0.0154. The number of rotatable bonds is 3. The van der Waals surface area contributed by atoms with Crippen LogP contribution in [0.2, 0.25) is 0 Å². The molecule has 0 unspecified atom stereocenters. The van der Waals surface area contributed by atoms with Crippen LogP contribution in [-0.4, -0.2) is 41.5 Å². The monoisotopic (exact) mass is 344 g/mol. The minimum Gasteiger partial charge on any atom is -0.465 e. The zero-order valence-electron chi connectivity index (χ0n) is 14.2. The third-order valence-corrected chi connectivity index (χ3v) is 4.48. The molecule has 1 aliphatic heterocycles. The van der Waals surface area contributed by atoms with Crippen LogP contribution in [0.5, 0.6) is 0 Å². The maximum absolute atomic E-state index is 12.3. The molecular weight excluding hydrogens is 324 g/mol. The molecule has 0 radical (unpaired) electrons. The van der Waals surface area contributed by atoms with Crippen LogP contribution in [0.1, 0.15) is 36.2 Å². The van der Waals surface area contributed by atoms with Crippen molar-refractivity contribution in [3.05, 3.63) is 46.5 Å². The van der Waals surface area contributed by atoms with E-state index in [-0.39, 0.29) is 11.9 Å². The van der Waals surface area contributed by atoms with Gasteiger partial charge < -0.3 is 14.1 Å². The highest BCUT2D eigenvalue weighted by Gasteiger charge is 2.26. The molecule has 0 saturated carbocycles. The van der Waals surface area contributed by atoms with Gasteiger partial charge >= 0.3 is 11.7 Å². The molecule has 1 aromatic heterocycles. The summed E-state index contributed by atoms with van der Waals surface area (Å²) >= 11 is 0. The van der Waals surface area contributed by atoms with Crippen molar-refractivity contribution in [1.82, 2.24) is 9.47 Å². The molecule has 2 aromatic rings. The Labute approximate surface area is 144 Å². The fourth-order valence-electron chi connectivity index (χ4n) is 3.22. The number of nitrogens with zero attached hydrogens (tertiary/aromatic N) is 2. The van der Waals surface area contributed by atoms with Crippen LogP contribution in [0, 0.1) is 0 Å². The van der Waals surface area contributed by atoms with Crippen LogP contribution < -0.4 is 5.76 Å². The Balaban J connectivity index is 1.89. The van der Waals surface area contributed by atoms with Crippen molar-refractivity contribution in [2.75, 3.05) is 20.2 Å². The predicted molar refractivity (Wildman–Crippen MR) is 91.5 cm³/mol. The Kier molecular flexibility index (Phi) is 4.74. The van der Waals surface area contributed by atoms with Crippen molar-refractivity contribution in [2.45, 2.75) is 25.8 Å². The highest BCUT2D eigenvalue weighted by Crippen LogP contribution is 2.26. The van der Waals surface area contributed by atoms with E-state index in [0.717, 1.165) is 0 Å². The van der Waals surface area contributed by atoms with E-state index in [0.29, 0.717) is 42.6 Å². The Morgan fingerprint density at radius 1 is 1.28 bits per heavy atom. The fourth-order valence-corrected chi connectivity index (χ4v) is 3.22. The molecule has 25 heavy (non-hydrogen) atoms. The first-order valence-electron chi connectivity index (χ1n) is 8.20. The van der Waals surface area contributed by atoms with Crippen molar-refractivity contribution in [3.8, 4) is 0 Å². The summed E-state index contributed by atoms with van der Waals surface area (Å²) < 4.78 is 11.6. The Bertz CT molecular complexity index is 884. The summed E-state index contributed by atoms with van der Waals surface area (Å²) in [6.45, 7) is 2.95. The number of oxazole rings is 1. The third-order valence-electron chi connectivity index (χ3n) is 4.48. The molecule has 0 atom stereocenters. The van der Waals surface area contributed by atoms with Crippen LogP contribution in [0.3, 0.4) is 0 Å². The second kappa shape index (κ2) is 6.96. The largest absolute Gasteiger partial charge is 0.465 e. The van der Waals surface area contributed by atoms with Crippen molar-refractivity contribution in [1.29, 1.82) is 0 Å². The maximum Gasteiger partial charge on any atom is 0.420 e. The average molecular weight is 344 g/mol. The van der Waals surface area contributed by atoms with E-state index in [1.54, 1.807) is 46.7 Å². The summed E-state index contributed by atoms with van der Waals surface area (Å²) in [7, 11) is 1.31. The third kappa shape index (κ3) is 3.22. The molecule has 3 rings (SSSR count). The SMILES string of the molecule is C/C=C/C(=O)N1CCC(n2c(=O)oc3ccc(C(=O)OC)cc32)CC1. The zero-order valence-corrected chi connectivity index (χ0v) is 14.2. The van der Waals surface area contributed by atoms with Gasteiger partial charge in [0.2, 0.25) is 5.91 Å². The van der Waals surface area contributed by atoms with Crippen LogP contribution in [0.4, 0.5) is 0 Å². The lowest BCUT2D eigenvalue weighted by Gasteiger charge is -2.31. The molecule has 0 spiro atoms. The lowest BCUT2D eigenvalue weighted by Crippen LogP contribution is -2.39. The second-order valence-electron chi connectivity index (χ2n) is 5.97. The molecule has 7 heteroatoms. The first-order chi connectivity index (χ1) is 12.0. The van der Waals surface area contributed by atoms with Crippen LogP contribution in [-0.2, 0) is 9.53 Å². The van der Waals surface area contributed by atoms with Crippen molar-refractivity contribution < 1.29 is 18.7 Å². The number of methoxy groups -OCH3 is 1. The molecule has 7 nitrogen and oxygen atoms in total. The lowest BCUT2D eigenvalue weighted by atomic mass is 10.0. The number of piperidine rings is 1. The summed E-state index contributed by atoms with van der Waals surface area (Å²) in [5, 5.41) is 0. The quantitative estimate of drug-likeness (QED) is 0.629. The Morgan fingerprint density at radius 2 is 2.00 bits per heavy atom. The first-order valence-corrected chi connectivity index (χ1v) is 8.20. The molecule has 1 saturated heterocycles. The molecule has 1 fully saturated rings. The molecule has 0 aliphatic carbocycles.